The Morgan fingerprint density at radius 3 is 2.33 bits per heavy atom. The number of ketones is 1. The van der Waals surface area contributed by atoms with Gasteiger partial charge >= 0.3 is 5.97 Å². The van der Waals surface area contributed by atoms with Crippen LogP contribution in [0.4, 0.5) is 14.5 Å². The van der Waals surface area contributed by atoms with Crippen molar-refractivity contribution in [3.63, 3.8) is 0 Å². The zero-order valence-corrected chi connectivity index (χ0v) is 19.2. The first kappa shape index (κ1) is 24.7. The summed E-state index contributed by atoms with van der Waals surface area (Å²) >= 11 is 0. The highest BCUT2D eigenvalue weighted by Crippen LogP contribution is 2.27. The lowest BCUT2D eigenvalue weighted by Gasteiger charge is -2.30. The van der Waals surface area contributed by atoms with E-state index in [1.807, 2.05) is 4.90 Å². The minimum atomic E-state index is -3.84. The Balaban J connectivity index is 1.93. The molecule has 1 saturated heterocycles. The van der Waals surface area contributed by atoms with Crippen LogP contribution >= 0.6 is 0 Å². The van der Waals surface area contributed by atoms with Crippen molar-refractivity contribution < 1.29 is 36.3 Å². The summed E-state index contributed by atoms with van der Waals surface area (Å²) in [5.74, 6) is -3.95. The molecule has 0 radical (unpaired) electrons. The number of Topliss-reactive ketones (excluding diaryl/α,β-unsaturated/α-hetero) is 1. The number of halogens is 2. The van der Waals surface area contributed by atoms with E-state index in [4.69, 9.17) is 9.47 Å². The molecule has 8 nitrogen and oxygen atoms in total. The summed E-state index contributed by atoms with van der Waals surface area (Å²) < 4.78 is 63.5. The molecular formula is C22H24F2N2O6S. The molecule has 2 aromatic carbocycles. The van der Waals surface area contributed by atoms with Crippen molar-refractivity contribution in [1.29, 1.82) is 0 Å². The molecule has 0 spiro atoms. The van der Waals surface area contributed by atoms with Crippen LogP contribution in [0.5, 0.6) is 0 Å². The Labute approximate surface area is 190 Å². The fourth-order valence-corrected chi connectivity index (χ4v) is 4.22. The van der Waals surface area contributed by atoms with Gasteiger partial charge in [-0.1, -0.05) is 0 Å². The predicted molar refractivity (Wildman–Crippen MR) is 116 cm³/mol. The summed E-state index contributed by atoms with van der Waals surface area (Å²) in [6, 6.07) is 6.74. The van der Waals surface area contributed by atoms with Crippen molar-refractivity contribution in [1.82, 2.24) is 4.31 Å². The van der Waals surface area contributed by atoms with Gasteiger partial charge in [0.25, 0.3) is 0 Å². The van der Waals surface area contributed by atoms with E-state index in [1.54, 1.807) is 0 Å². The van der Waals surface area contributed by atoms with Crippen LogP contribution in [-0.4, -0.2) is 71.0 Å². The highest BCUT2D eigenvalue weighted by molar-refractivity contribution is 7.89. The Morgan fingerprint density at radius 1 is 1.06 bits per heavy atom. The number of ether oxygens (including phenoxy) is 2. The fourth-order valence-electron chi connectivity index (χ4n) is 3.29. The minimum absolute atomic E-state index is 0.0373. The summed E-state index contributed by atoms with van der Waals surface area (Å²) in [7, 11) is -1.11. The third kappa shape index (κ3) is 5.37. The second-order valence-corrected chi connectivity index (χ2v) is 9.76. The molecule has 1 aliphatic heterocycles. The number of nitrogens with zero attached hydrogens (tertiary/aromatic N) is 2. The lowest BCUT2D eigenvalue weighted by molar-refractivity contribution is 0.0318. The van der Waals surface area contributed by atoms with E-state index in [-0.39, 0.29) is 16.0 Å². The summed E-state index contributed by atoms with van der Waals surface area (Å²) in [4.78, 5) is 27.4. The van der Waals surface area contributed by atoms with Crippen LogP contribution in [0.1, 0.15) is 27.6 Å². The van der Waals surface area contributed by atoms with Crippen LogP contribution in [0.2, 0.25) is 0 Å². The summed E-state index contributed by atoms with van der Waals surface area (Å²) in [6.07, 6.45) is -1.32. The van der Waals surface area contributed by atoms with Gasteiger partial charge in [-0.3, -0.25) is 4.79 Å². The third-order valence-corrected chi connectivity index (χ3v) is 6.99. The maximum absolute atomic E-state index is 13.5. The molecule has 0 N–H and O–H groups in total. The molecule has 1 heterocycles. The molecule has 178 valence electrons. The molecule has 33 heavy (non-hydrogen) atoms. The van der Waals surface area contributed by atoms with E-state index in [2.05, 4.69) is 0 Å². The van der Waals surface area contributed by atoms with E-state index in [9.17, 15) is 26.8 Å². The van der Waals surface area contributed by atoms with E-state index < -0.39 is 39.5 Å². The van der Waals surface area contributed by atoms with E-state index in [1.165, 1.54) is 39.2 Å². The van der Waals surface area contributed by atoms with Gasteiger partial charge in [0.2, 0.25) is 15.8 Å². The van der Waals surface area contributed by atoms with Crippen LogP contribution < -0.4 is 4.90 Å². The largest absolute Gasteiger partial charge is 0.451 e. The minimum Gasteiger partial charge on any atom is -0.451 e. The summed E-state index contributed by atoms with van der Waals surface area (Å²) in [6.45, 7) is 3.11. The number of benzene rings is 2. The monoisotopic (exact) mass is 482 g/mol. The van der Waals surface area contributed by atoms with Gasteiger partial charge in [0, 0.05) is 32.7 Å². The molecule has 1 unspecified atom stereocenters. The highest BCUT2D eigenvalue weighted by atomic mass is 32.2. The quantitative estimate of drug-likeness (QED) is 0.442. The molecular weight excluding hydrogens is 458 g/mol. The summed E-state index contributed by atoms with van der Waals surface area (Å²) in [5, 5.41) is 0. The molecule has 0 bridgehead atoms. The van der Waals surface area contributed by atoms with E-state index >= 15 is 0 Å². The molecule has 11 heteroatoms. The van der Waals surface area contributed by atoms with Gasteiger partial charge in [0.15, 0.2) is 17.7 Å². The molecule has 3 rings (SSSR count). The van der Waals surface area contributed by atoms with Crippen LogP contribution in [0.15, 0.2) is 41.3 Å². The SMILES string of the molecule is CC(OC(=O)c1cc(S(=O)(=O)N(C)C)ccc1N1CCOCC1)C(=O)c1ccc(F)c(F)c1. The molecule has 0 aromatic heterocycles. The Kier molecular flexibility index (Phi) is 7.45. The zero-order valence-electron chi connectivity index (χ0n) is 18.4. The average molecular weight is 483 g/mol. The lowest BCUT2D eigenvalue weighted by atomic mass is 10.1. The smallest absolute Gasteiger partial charge is 0.341 e. The van der Waals surface area contributed by atoms with Crippen molar-refractivity contribution in [2.75, 3.05) is 45.3 Å². The topological polar surface area (TPSA) is 93.2 Å². The molecule has 0 saturated carbocycles. The number of carbonyl (C=O) groups is 2. The van der Waals surface area contributed by atoms with Crippen molar-refractivity contribution >= 4 is 27.5 Å². The lowest BCUT2D eigenvalue weighted by Crippen LogP contribution is -2.37. The summed E-state index contributed by atoms with van der Waals surface area (Å²) in [5.41, 5.74) is 0.241. The van der Waals surface area contributed by atoms with Crippen LogP contribution in [0, 0.1) is 11.6 Å². The average Bonchev–Trinajstić information content (AvgIpc) is 2.80. The second-order valence-electron chi connectivity index (χ2n) is 7.61. The first-order valence-electron chi connectivity index (χ1n) is 10.1. The Bertz CT molecular complexity index is 1160. The van der Waals surface area contributed by atoms with Gasteiger partial charge in [0.05, 0.1) is 29.4 Å². The molecule has 2 aromatic rings. The third-order valence-electron chi connectivity index (χ3n) is 5.18. The number of morpholine rings is 1. The molecule has 1 atom stereocenters. The molecule has 0 amide bonds. The first-order valence-corrected chi connectivity index (χ1v) is 11.6. The van der Waals surface area contributed by atoms with Crippen LogP contribution in [0.3, 0.4) is 0 Å². The highest BCUT2D eigenvalue weighted by Gasteiger charge is 2.28. The normalized spacial score (nSPS) is 15.4. The van der Waals surface area contributed by atoms with Crippen LogP contribution in [-0.2, 0) is 19.5 Å². The van der Waals surface area contributed by atoms with Crippen LogP contribution in [0.25, 0.3) is 0 Å². The van der Waals surface area contributed by atoms with Crippen molar-refractivity contribution in [2.24, 2.45) is 0 Å². The van der Waals surface area contributed by atoms with Crippen molar-refractivity contribution in [3.8, 4) is 0 Å². The Hall–Kier alpha value is -2.89. The van der Waals surface area contributed by atoms with E-state index in [0.717, 1.165) is 22.5 Å². The molecule has 0 aliphatic carbocycles. The standard InChI is InChI=1S/C22H24F2N2O6S/c1-14(21(27)15-4-6-18(23)19(24)12-15)32-22(28)17-13-16(33(29,30)25(2)3)5-7-20(17)26-8-10-31-11-9-26/h4-7,12-14H,8-11H2,1-3H3. The van der Waals surface area contributed by atoms with Gasteiger partial charge in [-0.05, 0) is 43.3 Å². The molecule has 1 fully saturated rings. The zero-order chi connectivity index (χ0) is 24.3. The number of anilines is 1. The number of carbonyl (C=O) groups excluding carboxylic acids is 2. The number of esters is 1. The van der Waals surface area contributed by atoms with Gasteiger partial charge in [-0.15, -0.1) is 0 Å². The predicted octanol–water partition coefficient (Wildman–Crippen LogP) is 2.48. The first-order chi connectivity index (χ1) is 15.5. The van der Waals surface area contributed by atoms with Gasteiger partial charge in [0.1, 0.15) is 0 Å². The number of hydrogen-bond acceptors (Lipinski definition) is 7. The number of hydrogen-bond donors (Lipinski definition) is 0. The second kappa shape index (κ2) is 9.94. The van der Waals surface area contributed by atoms with Crippen molar-refractivity contribution in [2.45, 2.75) is 17.9 Å². The van der Waals surface area contributed by atoms with E-state index in [0.29, 0.717) is 32.0 Å². The number of sulfonamides is 1. The van der Waals surface area contributed by atoms with Gasteiger partial charge in [-0.25, -0.2) is 26.3 Å². The number of rotatable bonds is 7. The maximum Gasteiger partial charge on any atom is 0.341 e. The van der Waals surface area contributed by atoms with Crippen molar-refractivity contribution in [3.05, 3.63) is 59.2 Å². The molecule has 1 aliphatic rings. The fraction of sp³-hybridized carbons (Fsp3) is 0.364. The van der Waals surface area contributed by atoms with Gasteiger partial charge < -0.3 is 14.4 Å². The Morgan fingerprint density at radius 2 is 1.73 bits per heavy atom. The maximum atomic E-state index is 13.5. The van der Waals surface area contributed by atoms with Gasteiger partial charge in [-0.2, -0.15) is 0 Å².